The molecule has 0 N–H and O–H groups in total. The minimum absolute atomic E-state index is 0.0837. The van der Waals surface area contributed by atoms with Gasteiger partial charge in [-0.05, 0) is 36.8 Å². The average molecular weight is 384 g/mol. The van der Waals surface area contributed by atoms with Crippen LogP contribution in [-0.4, -0.2) is 38.2 Å². The lowest BCUT2D eigenvalue weighted by Crippen LogP contribution is -2.27. The van der Waals surface area contributed by atoms with E-state index in [2.05, 4.69) is 10.3 Å². The van der Waals surface area contributed by atoms with Gasteiger partial charge in [-0.25, -0.2) is 4.68 Å². The zero-order valence-corrected chi connectivity index (χ0v) is 15.8. The Bertz CT molecular complexity index is 909. The molecule has 0 spiro atoms. The topological polar surface area (TPSA) is 73.4 Å². The molecule has 7 nitrogen and oxygen atoms in total. The minimum Gasteiger partial charge on any atom is -0.494 e. The highest BCUT2D eigenvalue weighted by Crippen LogP contribution is 2.38. The molecule has 140 valence electrons. The Morgan fingerprint density at radius 3 is 3.04 bits per heavy atom. The zero-order chi connectivity index (χ0) is 18.6. The smallest absolute Gasteiger partial charge is 0.234 e. The van der Waals surface area contributed by atoms with E-state index in [1.165, 1.54) is 0 Å². The predicted molar refractivity (Wildman–Crippen MR) is 101 cm³/mol. The number of amides is 1. The maximum atomic E-state index is 12.3. The van der Waals surface area contributed by atoms with E-state index < -0.39 is 0 Å². The number of furan rings is 1. The number of carbonyl (C=O) groups excluding carboxylic acids is 1. The summed E-state index contributed by atoms with van der Waals surface area (Å²) in [6.45, 7) is 3.63. The number of aromatic nitrogens is 3. The molecule has 1 saturated heterocycles. The van der Waals surface area contributed by atoms with Gasteiger partial charge in [0.1, 0.15) is 22.6 Å². The van der Waals surface area contributed by atoms with Gasteiger partial charge >= 0.3 is 0 Å². The summed E-state index contributed by atoms with van der Waals surface area (Å²) in [5.74, 6) is 2.13. The normalized spacial score (nSPS) is 16.9. The minimum atomic E-state index is -0.147. The Morgan fingerprint density at radius 1 is 1.30 bits per heavy atom. The highest BCUT2D eigenvalue weighted by molar-refractivity contribution is 8.00. The first-order valence-electron chi connectivity index (χ1n) is 8.78. The molecule has 2 aromatic heterocycles. The maximum absolute atomic E-state index is 12.3. The Hall–Kier alpha value is -2.74. The number of thioether (sulfide) groups is 1. The molecule has 0 saturated carbocycles. The number of nitrogens with zero attached hydrogens (tertiary/aromatic N) is 4. The summed E-state index contributed by atoms with van der Waals surface area (Å²) in [4.78, 5) is 14.1. The molecule has 0 aliphatic carbocycles. The van der Waals surface area contributed by atoms with Gasteiger partial charge in [0, 0.05) is 0 Å². The van der Waals surface area contributed by atoms with E-state index in [0.717, 1.165) is 22.8 Å². The molecule has 3 aromatic rings. The monoisotopic (exact) mass is 384 g/mol. The van der Waals surface area contributed by atoms with Gasteiger partial charge in [-0.1, -0.05) is 17.3 Å². The van der Waals surface area contributed by atoms with Crippen LogP contribution < -0.4 is 4.74 Å². The molecule has 27 heavy (non-hydrogen) atoms. The molecule has 1 aliphatic rings. The molecule has 1 amide bonds. The van der Waals surface area contributed by atoms with Crippen LogP contribution in [0.2, 0.25) is 0 Å². The zero-order valence-electron chi connectivity index (χ0n) is 14.9. The Kier molecular flexibility index (Phi) is 5.15. The van der Waals surface area contributed by atoms with Crippen LogP contribution in [0.3, 0.4) is 0 Å². The lowest BCUT2D eigenvalue weighted by atomic mass is 10.2. The molecule has 0 bridgehead atoms. The van der Waals surface area contributed by atoms with Crippen molar-refractivity contribution in [1.29, 1.82) is 0 Å². The summed E-state index contributed by atoms with van der Waals surface area (Å²) in [7, 11) is 0. The van der Waals surface area contributed by atoms with Gasteiger partial charge in [-0.15, -0.1) is 16.9 Å². The molecular formula is C19H20N4O3S. The first kappa shape index (κ1) is 17.7. The number of rotatable bonds is 7. The van der Waals surface area contributed by atoms with Gasteiger partial charge in [0.05, 0.1) is 37.9 Å². The largest absolute Gasteiger partial charge is 0.494 e. The van der Waals surface area contributed by atoms with Gasteiger partial charge in [0.25, 0.3) is 0 Å². The maximum Gasteiger partial charge on any atom is 0.234 e. The summed E-state index contributed by atoms with van der Waals surface area (Å²) >= 11 is 1.56. The fourth-order valence-electron chi connectivity index (χ4n) is 3.03. The number of ether oxygens (including phenoxy) is 1. The van der Waals surface area contributed by atoms with Crippen molar-refractivity contribution >= 4 is 17.7 Å². The van der Waals surface area contributed by atoms with Crippen molar-refractivity contribution in [3.63, 3.8) is 0 Å². The number of benzene rings is 1. The van der Waals surface area contributed by atoms with Crippen molar-refractivity contribution in [2.75, 3.05) is 12.4 Å². The third-order valence-corrected chi connectivity index (χ3v) is 5.46. The highest BCUT2D eigenvalue weighted by atomic mass is 32.2. The highest BCUT2D eigenvalue weighted by Gasteiger charge is 2.35. The Balaban J connectivity index is 1.48. The van der Waals surface area contributed by atoms with E-state index in [1.807, 2.05) is 49.5 Å². The standard InChI is InChI=1S/C19H20N4O3S/c1-2-25-15-6-3-5-14(9-15)10-22-12-17(20-21-22)19-23(18(24)13-27-19)11-16-7-4-8-26-16/h3-9,12,19H,2,10-11,13H2,1H3/t19-/m0/s1. The molecule has 0 unspecified atom stereocenters. The third-order valence-electron chi connectivity index (χ3n) is 4.24. The van der Waals surface area contributed by atoms with Crippen molar-refractivity contribution < 1.29 is 13.9 Å². The molecule has 1 aliphatic heterocycles. The second-order valence-corrected chi connectivity index (χ2v) is 7.25. The van der Waals surface area contributed by atoms with Gasteiger partial charge < -0.3 is 14.1 Å². The molecule has 0 radical (unpaired) electrons. The quantitative estimate of drug-likeness (QED) is 0.623. The van der Waals surface area contributed by atoms with E-state index in [0.29, 0.717) is 25.4 Å². The summed E-state index contributed by atoms with van der Waals surface area (Å²) in [6.07, 6.45) is 3.52. The van der Waals surface area contributed by atoms with Crippen LogP contribution in [0.5, 0.6) is 5.75 Å². The lowest BCUT2D eigenvalue weighted by Gasteiger charge is -2.20. The fraction of sp³-hybridized carbons (Fsp3) is 0.316. The lowest BCUT2D eigenvalue weighted by molar-refractivity contribution is -0.128. The Morgan fingerprint density at radius 2 is 2.22 bits per heavy atom. The molecule has 1 aromatic carbocycles. The van der Waals surface area contributed by atoms with E-state index >= 15 is 0 Å². The van der Waals surface area contributed by atoms with Crippen LogP contribution in [0.25, 0.3) is 0 Å². The molecule has 1 fully saturated rings. The number of hydrogen-bond donors (Lipinski definition) is 0. The molecule has 3 heterocycles. The van der Waals surface area contributed by atoms with Gasteiger partial charge in [-0.3, -0.25) is 4.79 Å². The van der Waals surface area contributed by atoms with Crippen molar-refractivity contribution in [3.05, 3.63) is 65.9 Å². The fourth-order valence-corrected chi connectivity index (χ4v) is 4.15. The van der Waals surface area contributed by atoms with Crippen molar-refractivity contribution in [2.45, 2.75) is 25.4 Å². The van der Waals surface area contributed by atoms with Crippen LogP contribution in [0.4, 0.5) is 0 Å². The molecule has 4 rings (SSSR count). The number of hydrogen-bond acceptors (Lipinski definition) is 6. The van der Waals surface area contributed by atoms with Gasteiger partial charge in [0.15, 0.2) is 0 Å². The summed E-state index contributed by atoms with van der Waals surface area (Å²) in [5.41, 5.74) is 1.86. The first-order chi connectivity index (χ1) is 13.2. The Labute approximate surface area is 161 Å². The molecular weight excluding hydrogens is 364 g/mol. The summed E-state index contributed by atoms with van der Waals surface area (Å²) < 4.78 is 12.7. The average Bonchev–Trinajstić information content (AvgIpc) is 3.39. The van der Waals surface area contributed by atoms with Crippen LogP contribution in [0.15, 0.2) is 53.3 Å². The van der Waals surface area contributed by atoms with Crippen LogP contribution in [0.1, 0.15) is 29.3 Å². The summed E-state index contributed by atoms with van der Waals surface area (Å²) in [5, 5.41) is 8.40. The molecule has 1 atom stereocenters. The third kappa shape index (κ3) is 4.00. The van der Waals surface area contributed by atoms with Gasteiger partial charge in [0.2, 0.25) is 5.91 Å². The van der Waals surface area contributed by atoms with Crippen LogP contribution >= 0.6 is 11.8 Å². The summed E-state index contributed by atoms with van der Waals surface area (Å²) in [6, 6.07) is 11.6. The van der Waals surface area contributed by atoms with Crippen molar-refractivity contribution in [2.24, 2.45) is 0 Å². The van der Waals surface area contributed by atoms with Crippen molar-refractivity contribution in [1.82, 2.24) is 19.9 Å². The van der Waals surface area contributed by atoms with E-state index in [4.69, 9.17) is 9.15 Å². The molecule has 8 heteroatoms. The van der Waals surface area contributed by atoms with Gasteiger partial charge in [-0.2, -0.15) is 0 Å². The van der Waals surface area contributed by atoms with Crippen LogP contribution in [0, 0.1) is 0 Å². The van der Waals surface area contributed by atoms with Crippen LogP contribution in [-0.2, 0) is 17.9 Å². The first-order valence-corrected chi connectivity index (χ1v) is 9.83. The second kappa shape index (κ2) is 7.87. The van der Waals surface area contributed by atoms with Crippen molar-refractivity contribution in [3.8, 4) is 5.75 Å². The van der Waals surface area contributed by atoms with E-state index in [9.17, 15) is 4.79 Å². The van der Waals surface area contributed by atoms with E-state index in [1.54, 1.807) is 27.6 Å². The SMILES string of the molecule is CCOc1cccc(Cn2cc([C@@H]3SCC(=O)N3Cc3ccco3)nn2)c1. The second-order valence-electron chi connectivity index (χ2n) is 6.19. The predicted octanol–water partition coefficient (Wildman–Crippen LogP) is 3.09. The van der Waals surface area contributed by atoms with E-state index in [-0.39, 0.29) is 11.3 Å². The number of carbonyl (C=O) groups is 1.